The zero-order chi connectivity index (χ0) is 14.2. The normalized spacial score (nSPS) is 30.5. The number of hydrogen-bond acceptors (Lipinski definition) is 3. The third-order valence-corrected chi connectivity index (χ3v) is 3.98. The maximum Gasteiger partial charge on any atom is 0.326 e. The fraction of sp³-hybridized carbons (Fsp3) is 0.846. The van der Waals surface area contributed by atoms with Crippen molar-refractivity contribution in [1.82, 2.24) is 9.80 Å². The van der Waals surface area contributed by atoms with E-state index in [4.69, 9.17) is 5.11 Å². The van der Waals surface area contributed by atoms with Crippen molar-refractivity contribution in [1.29, 1.82) is 0 Å². The van der Waals surface area contributed by atoms with Gasteiger partial charge >= 0.3 is 12.0 Å². The van der Waals surface area contributed by atoms with Crippen LogP contribution in [-0.4, -0.2) is 63.8 Å². The average Bonchev–Trinajstić information content (AvgIpc) is 2.69. The molecule has 2 fully saturated rings. The highest BCUT2D eigenvalue weighted by Gasteiger charge is 2.42. The molecule has 6 nitrogen and oxygen atoms in total. The Bertz CT molecular complexity index is 383. The Labute approximate surface area is 113 Å². The Hall–Kier alpha value is -1.30. The number of nitrogens with zero attached hydrogens (tertiary/aromatic N) is 2. The first-order valence-corrected chi connectivity index (χ1v) is 6.76. The van der Waals surface area contributed by atoms with E-state index in [9.17, 15) is 14.7 Å². The van der Waals surface area contributed by atoms with E-state index in [2.05, 4.69) is 13.8 Å². The monoisotopic (exact) mass is 270 g/mol. The molecule has 2 rings (SSSR count). The number of urea groups is 1. The van der Waals surface area contributed by atoms with Crippen LogP contribution >= 0.6 is 0 Å². The van der Waals surface area contributed by atoms with Gasteiger partial charge in [-0.05, 0) is 18.3 Å². The molecule has 0 aliphatic carbocycles. The van der Waals surface area contributed by atoms with Crippen LogP contribution in [0.25, 0.3) is 0 Å². The van der Waals surface area contributed by atoms with Gasteiger partial charge in [-0.15, -0.1) is 0 Å². The Balaban J connectivity index is 2.08. The first-order valence-electron chi connectivity index (χ1n) is 6.76. The SMILES string of the molecule is CC1(C)CCCN(C(=O)N2C[C@@H](O)C[C@H]2C(=O)O)C1. The van der Waals surface area contributed by atoms with Crippen LogP contribution < -0.4 is 0 Å². The lowest BCUT2D eigenvalue weighted by atomic mass is 9.84. The second-order valence-corrected chi connectivity index (χ2v) is 6.37. The molecule has 2 amide bonds. The molecular weight excluding hydrogens is 248 g/mol. The van der Waals surface area contributed by atoms with E-state index in [0.717, 1.165) is 12.8 Å². The number of carboxylic acid groups (broad SMARTS) is 1. The summed E-state index contributed by atoms with van der Waals surface area (Å²) < 4.78 is 0. The lowest BCUT2D eigenvalue weighted by Gasteiger charge is -2.40. The minimum atomic E-state index is -1.04. The number of carbonyl (C=O) groups is 2. The lowest BCUT2D eigenvalue weighted by Crippen LogP contribution is -2.52. The van der Waals surface area contributed by atoms with Crippen molar-refractivity contribution in [3.05, 3.63) is 0 Å². The number of β-amino-alcohol motifs (C(OH)–C–C–N with tert-alkyl or cyclic N) is 1. The smallest absolute Gasteiger partial charge is 0.326 e. The van der Waals surface area contributed by atoms with E-state index >= 15 is 0 Å². The summed E-state index contributed by atoms with van der Waals surface area (Å²) in [7, 11) is 0. The number of rotatable bonds is 1. The molecule has 108 valence electrons. The molecule has 2 N–H and O–H groups in total. The van der Waals surface area contributed by atoms with Gasteiger partial charge < -0.3 is 20.0 Å². The van der Waals surface area contributed by atoms with Gasteiger partial charge in [-0.3, -0.25) is 0 Å². The van der Waals surface area contributed by atoms with Crippen molar-refractivity contribution in [2.75, 3.05) is 19.6 Å². The standard InChI is InChI=1S/C13H22N2O4/c1-13(2)4-3-5-14(8-13)12(19)15-7-9(16)6-10(15)11(17)18/h9-10,16H,3-8H2,1-2H3,(H,17,18)/t9-,10-/m0/s1. The van der Waals surface area contributed by atoms with Gasteiger partial charge in [0.15, 0.2) is 0 Å². The summed E-state index contributed by atoms with van der Waals surface area (Å²) in [5.74, 6) is -1.04. The number of aliphatic hydroxyl groups is 1. The van der Waals surface area contributed by atoms with Crippen molar-refractivity contribution in [3.8, 4) is 0 Å². The number of aliphatic carboxylic acids is 1. The van der Waals surface area contributed by atoms with E-state index in [1.165, 1.54) is 4.90 Å². The molecule has 0 aromatic heterocycles. The molecule has 2 aliphatic heterocycles. The average molecular weight is 270 g/mol. The minimum Gasteiger partial charge on any atom is -0.480 e. The topological polar surface area (TPSA) is 81.1 Å². The molecule has 0 saturated carbocycles. The van der Waals surface area contributed by atoms with Gasteiger partial charge in [-0.1, -0.05) is 13.8 Å². The van der Waals surface area contributed by atoms with Gasteiger partial charge in [0.05, 0.1) is 6.10 Å². The van der Waals surface area contributed by atoms with Gasteiger partial charge in [0, 0.05) is 26.1 Å². The molecule has 0 unspecified atom stereocenters. The number of amides is 2. The van der Waals surface area contributed by atoms with Crippen LogP contribution in [0.2, 0.25) is 0 Å². The Morgan fingerprint density at radius 1 is 1.32 bits per heavy atom. The van der Waals surface area contributed by atoms with Crippen LogP contribution in [-0.2, 0) is 4.79 Å². The molecule has 0 spiro atoms. The molecule has 2 heterocycles. The largest absolute Gasteiger partial charge is 0.480 e. The van der Waals surface area contributed by atoms with E-state index in [1.807, 2.05) is 0 Å². The predicted molar refractivity (Wildman–Crippen MR) is 68.7 cm³/mol. The van der Waals surface area contributed by atoms with Gasteiger partial charge in [0.25, 0.3) is 0 Å². The number of likely N-dealkylation sites (tertiary alicyclic amines) is 2. The van der Waals surface area contributed by atoms with E-state index in [-0.39, 0.29) is 24.4 Å². The number of hydrogen-bond donors (Lipinski definition) is 2. The van der Waals surface area contributed by atoms with Crippen molar-refractivity contribution in [2.45, 2.75) is 45.3 Å². The zero-order valence-corrected chi connectivity index (χ0v) is 11.5. The summed E-state index contributed by atoms with van der Waals surface area (Å²) in [6.07, 6.45) is 1.40. The van der Waals surface area contributed by atoms with Gasteiger partial charge in [0.1, 0.15) is 6.04 Å². The van der Waals surface area contributed by atoms with E-state index in [0.29, 0.717) is 13.1 Å². The molecule has 6 heteroatoms. The van der Waals surface area contributed by atoms with E-state index in [1.54, 1.807) is 4.90 Å². The molecular formula is C13H22N2O4. The molecule has 2 atom stereocenters. The molecule has 19 heavy (non-hydrogen) atoms. The predicted octanol–water partition coefficient (Wildman–Crippen LogP) is 0.748. The second kappa shape index (κ2) is 5.00. The first-order chi connectivity index (χ1) is 8.80. The fourth-order valence-corrected chi connectivity index (χ4v) is 3.03. The van der Waals surface area contributed by atoms with Crippen molar-refractivity contribution >= 4 is 12.0 Å². The van der Waals surface area contributed by atoms with Gasteiger partial charge in [-0.2, -0.15) is 0 Å². The number of aliphatic hydroxyl groups excluding tert-OH is 1. The number of carbonyl (C=O) groups excluding carboxylic acids is 1. The summed E-state index contributed by atoms with van der Waals surface area (Å²) in [5, 5.41) is 18.7. The molecule has 0 bridgehead atoms. The lowest BCUT2D eigenvalue weighted by molar-refractivity contribution is -0.141. The summed E-state index contributed by atoms with van der Waals surface area (Å²) in [5.41, 5.74) is 0.0744. The Morgan fingerprint density at radius 2 is 2.00 bits per heavy atom. The Morgan fingerprint density at radius 3 is 2.58 bits per heavy atom. The van der Waals surface area contributed by atoms with Crippen LogP contribution in [0.4, 0.5) is 4.79 Å². The summed E-state index contributed by atoms with van der Waals surface area (Å²) >= 11 is 0. The van der Waals surface area contributed by atoms with Gasteiger partial charge in [-0.25, -0.2) is 9.59 Å². The fourth-order valence-electron chi connectivity index (χ4n) is 3.03. The minimum absolute atomic E-state index is 0.0744. The van der Waals surface area contributed by atoms with Crippen LogP contribution in [0.5, 0.6) is 0 Å². The Kier molecular flexibility index (Phi) is 3.71. The van der Waals surface area contributed by atoms with Crippen LogP contribution in [0, 0.1) is 5.41 Å². The number of carboxylic acids is 1. The quantitative estimate of drug-likeness (QED) is 0.736. The zero-order valence-electron chi connectivity index (χ0n) is 11.5. The van der Waals surface area contributed by atoms with Crippen molar-refractivity contribution in [3.63, 3.8) is 0 Å². The molecule has 0 radical (unpaired) electrons. The summed E-state index contributed by atoms with van der Waals surface area (Å²) in [6, 6.07) is -1.15. The highest BCUT2D eigenvalue weighted by Crippen LogP contribution is 2.30. The van der Waals surface area contributed by atoms with Crippen molar-refractivity contribution in [2.24, 2.45) is 5.41 Å². The molecule has 0 aromatic carbocycles. The molecule has 2 saturated heterocycles. The highest BCUT2D eigenvalue weighted by molar-refractivity contribution is 5.83. The van der Waals surface area contributed by atoms with E-state index < -0.39 is 18.1 Å². The molecule has 2 aliphatic rings. The second-order valence-electron chi connectivity index (χ2n) is 6.37. The van der Waals surface area contributed by atoms with Crippen LogP contribution in [0.1, 0.15) is 33.1 Å². The molecule has 0 aromatic rings. The third kappa shape index (κ3) is 3.00. The highest BCUT2D eigenvalue weighted by atomic mass is 16.4. The third-order valence-electron chi connectivity index (χ3n) is 3.98. The number of piperidine rings is 1. The van der Waals surface area contributed by atoms with Crippen LogP contribution in [0.15, 0.2) is 0 Å². The maximum absolute atomic E-state index is 12.4. The summed E-state index contributed by atoms with van der Waals surface area (Å²) in [6.45, 7) is 5.65. The van der Waals surface area contributed by atoms with Gasteiger partial charge in [0.2, 0.25) is 0 Å². The maximum atomic E-state index is 12.4. The summed E-state index contributed by atoms with van der Waals surface area (Å²) in [4.78, 5) is 26.6. The first kappa shape index (κ1) is 14.1. The van der Waals surface area contributed by atoms with Crippen molar-refractivity contribution < 1.29 is 19.8 Å². The van der Waals surface area contributed by atoms with Crippen LogP contribution in [0.3, 0.4) is 0 Å².